The number of pyridine rings is 1. The lowest BCUT2D eigenvalue weighted by Crippen LogP contribution is -2.44. The predicted molar refractivity (Wildman–Crippen MR) is 110 cm³/mol. The molecule has 0 spiro atoms. The topological polar surface area (TPSA) is 54.5 Å². The summed E-state index contributed by atoms with van der Waals surface area (Å²) < 4.78 is 61.2. The van der Waals surface area contributed by atoms with Crippen LogP contribution in [0.25, 0.3) is 10.8 Å². The van der Waals surface area contributed by atoms with E-state index in [0.29, 0.717) is 10.3 Å². The van der Waals surface area contributed by atoms with Crippen molar-refractivity contribution in [3.63, 3.8) is 0 Å². The number of ether oxygens (including phenoxy) is 1. The zero-order chi connectivity index (χ0) is 22.8. The molecule has 2 amide bonds. The van der Waals surface area contributed by atoms with Crippen LogP contribution in [0.3, 0.4) is 0 Å². The third-order valence-electron chi connectivity index (χ3n) is 4.67. The Kier molecular flexibility index (Phi) is 6.54. The van der Waals surface area contributed by atoms with E-state index in [9.17, 15) is 22.4 Å². The number of benzene rings is 2. The van der Waals surface area contributed by atoms with Crippen LogP contribution in [0.2, 0.25) is 5.02 Å². The zero-order valence-electron chi connectivity index (χ0n) is 16.5. The van der Waals surface area contributed by atoms with E-state index >= 15 is 0 Å². The molecule has 3 aromatic rings. The molecule has 0 radical (unpaired) electrons. The third kappa shape index (κ3) is 4.66. The maximum atomic E-state index is 14.2. The molecule has 3 rings (SSSR count). The van der Waals surface area contributed by atoms with E-state index in [0.717, 1.165) is 18.3 Å². The lowest BCUT2D eigenvalue weighted by Gasteiger charge is -2.33. The van der Waals surface area contributed by atoms with Gasteiger partial charge in [-0.2, -0.15) is 13.2 Å². The minimum Gasteiger partial charge on any atom is -0.481 e. The van der Waals surface area contributed by atoms with Crippen LogP contribution in [0.1, 0.15) is 18.5 Å². The summed E-state index contributed by atoms with van der Waals surface area (Å²) >= 11 is 5.70. The highest BCUT2D eigenvalue weighted by Gasteiger charge is 2.47. The fourth-order valence-electron chi connectivity index (χ4n) is 3.30. The minimum atomic E-state index is -4.80. The molecule has 2 aromatic carbocycles. The first kappa shape index (κ1) is 22.6. The average molecular weight is 456 g/mol. The lowest BCUT2D eigenvalue weighted by atomic mass is 9.99. The molecule has 0 saturated heterocycles. The number of nitrogens with zero attached hydrogens (tertiary/aromatic N) is 2. The normalized spacial score (nSPS) is 12.5. The summed E-state index contributed by atoms with van der Waals surface area (Å²) in [6, 6.07) is 6.39. The molecule has 164 valence electrons. The molecule has 0 aliphatic carbocycles. The summed E-state index contributed by atoms with van der Waals surface area (Å²) in [5, 5.41) is 2.72. The van der Waals surface area contributed by atoms with Crippen molar-refractivity contribution in [1.82, 2.24) is 9.88 Å². The van der Waals surface area contributed by atoms with Crippen LogP contribution in [0.5, 0.6) is 5.88 Å². The van der Waals surface area contributed by atoms with Crippen molar-refractivity contribution in [1.29, 1.82) is 0 Å². The van der Waals surface area contributed by atoms with Gasteiger partial charge < -0.3 is 15.0 Å². The Bertz CT molecular complexity index is 1110. The van der Waals surface area contributed by atoms with Crippen molar-refractivity contribution in [3.8, 4) is 5.88 Å². The third-order valence-corrected chi connectivity index (χ3v) is 4.96. The number of nitrogens with one attached hydrogen (secondary N) is 1. The monoisotopic (exact) mass is 455 g/mol. The summed E-state index contributed by atoms with van der Waals surface area (Å²) in [5.74, 6) is -0.537. The highest BCUT2D eigenvalue weighted by Crippen LogP contribution is 2.41. The van der Waals surface area contributed by atoms with Crippen LogP contribution in [0.15, 0.2) is 48.7 Å². The quantitative estimate of drug-likeness (QED) is 0.466. The molecule has 0 saturated carbocycles. The van der Waals surface area contributed by atoms with Crippen LogP contribution in [0, 0.1) is 5.82 Å². The fraction of sp³-hybridized carbons (Fsp3) is 0.238. The number of amides is 2. The van der Waals surface area contributed by atoms with Crippen molar-refractivity contribution in [2.45, 2.75) is 19.1 Å². The van der Waals surface area contributed by atoms with Crippen LogP contribution in [-0.2, 0) is 0 Å². The van der Waals surface area contributed by atoms with Gasteiger partial charge in [0.05, 0.1) is 12.1 Å². The average Bonchev–Trinajstić information content (AvgIpc) is 2.73. The number of methoxy groups -OCH3 is 1. The smallest absolute Gasteiger partial charge is 0.413 e. The minimum absolute atomic E-state index is 0.0634. The van der Waals surface area contributed by atoms with E-state index in [1.165, 1.54) is 26.2 Å². The zero-order valence-corrected chi connectivity index (χ0v) is 17.3. The molecule has 0 bridgehead atoms. The van der Waals surface area contributed by atoms with E-state index in [4.69, 9.17) is 16.3 Å². The van der Waals surface area contributed by atoms with E-state index in [2.05, 4.69) is 10.3 Å². The van der Waals surface area contributed by atoms with Gasteiger partial charge in [0.15, 0.2) is 6.04 Å². The van der Waals surface area contributed by atoms with Gasteiger partial charge >= 0.3 is 12.2 Å². The Morgan fingerprint density at radius 3 is 2.48 bits per heavy atom. The Hall–Kier alpha value is -3.07. The van der Waals surface area contributed by atoms with Gasteiger partial charge in [-0.05, 0) is 36.6 Å². The van der Waals surface area contributed by atoms with Crippen molar-refractivity contribution in [3.05, 3.63) is 65.1 Å². The van der Waals surface area contributed by atoms with Gasteiger partial charge in [-0.1, -0.05) is 29.8 Å². The molecular formula is C21H18ClF4N3O2. The maximum absolute atomic E-state index is 14.2. The largest absolute Gasteiger partial charge is 0.481 e. The number of carbonyl (C=O) groups is 1. The summed E-state index contributed by atoms with van der Waals surface area (Å²) in [5.41, 5.74) is -0.133. The van der Waals surface area contributed by atoms with E-state index in [-0.39, 0.29) is 34.1 Å². The highest BCUT2D eigenvalue weighted by molar-refractivity contribution is 6.31. The van der Waals surface area contributed by atoms with Crippen LogP contribution < -0.4 is 10.1 Å². The number of aromatic nitrogens is 1. The van der Waals surface area contributed by atoms with Crippen molar-refractivity contribution in [2.75, 3.05) is 19.0 Å². The number of halogens is 5. The van der Waals surface area contributed by atoms with Crippen molar-refractivity contribution >= 4 is 34.1 Å². The fourth-order valence-corrected chi connectivity index (χ4v) is 3.48. The van der Waals surface area contributed by atoms with Crippen LogP contribution >= 0.6 is 11.6 Å². The molecule has 31 heavy (non-hydrogen) atoms. The first-order valence-corrected chi connectivity index (χ1v) is 9.56. The van der Waals surface area contributed by atoms with E-state index < -0.39 is 24.1 Å². The molecule has 0 fully saturated rings. The summed E-state index contributed by atoms with van der Waals surface area (Å²) in [6.07, 6.45) is -3.74. The molecule has 0 aliphatic heterocycles. The molecule has 5 nitrogen and oxygen atoms in total. The molecule has 1 atom stereocenters. The Balaban J connectivity index is 2.06. The Morgan fingerprint density at radius 1 is 1.23 bits per heavy atom. The second-order valence-corrected chi connectivity index (χ2v) is 6.96. The lowest BCUT2D eigenvalue weighted by molar-refractivity contribution is -0.177. The number of carbonyl (C=O) groups excluding carboxylic acids is 1. The molecule has 1 aromatic heterocycles. The number of fused-ring (bicyclic) bond motifs is 1. The molecule has 1 heterocycles. The van der Waals surface area contributed by atoms with Crippen molar-refractivity contribution < 1.29 is 27.1 Å². The SMILES string of the molecule is CCN(C(=O)Nc1ccc(F)c(Cl)c1)[C@H](c1cnc(OC)c2ccccc12)C(F)(F)F. The number of hydrogen-bond donors (Lipinski definition) is 1. The van der Waals surface area contributed by atoms with Crippen LogP contribution in [-0.4, -0.2) is 35.7 Å². The summed E-state index contributed by atoms with van der Waals surface area (Å²) in [7, 11) is 1.37. The maximum Gasteiger partial charge on any atom is 0.413 e. The number of urea groups is 1. The van der Waals surface area contributed by atoms with Gasteiger partial charge in [0.2, 0.25) is 5.88 Å². The second-order valence-electron chi connectivity index (χ2n) is 6.56. The standard InChI is InChI=1S/C21H18ClF4N3O2/c1-3-29(20(30)28-12-8-9-17(23)16(22)10-12)18(21(24,25)26)15-11-27-19(31-2)14-7-5-4-6-13(14)15/h4-11,18H,3H2,1-2H3,(H,28,30)/t18-/m1/s1. The van der Waals surface area contributed by atoms with Crippen molar-refractivity contribution in [2.24, 2.45) is 0 Å². The number of alkyl halides is 3. The molecule has 1 N–H and O–H groups in total. The van der Waals surface area contributed by atoms with Gasteiger partial charge in [0.25, 0.3) is 0 Å². The van der Waals surface area contributed by atoms with Gasteiger partial charge in [-0.3, -0.25) is 0 Å². The van der Waals surface area contributed by atoms with Gasteiger partial charge in [0, 0.05) is 29.4 Å². The number of rotatable bonds is 5. The summed E-state index contributed by atoms with van der Waals surface area (Å²) in [4.78, 5) is 17.4. The molecular weight excluding hydrogens is 438 g/mol. The van der Waals surface area contributed by atoms with Gasteiger partial charge in [-0.25, -0.2) is 14.2 Å². The first-order valence-electron chi connectivity index (χ1n) is 9.18. The Morgan fingerprint density at radius 2 is 1.90 bits per heavy atom. The highest BCUT2D eigenvalue weighted by atomic mass is 35.5. The second kappa shape index (κ2) is 8.97. The molecule has 0 unspecified atom stereocenters. The van der Waals surface area contributed by atoms with Gasteiger partial charge in [-0.15, -0.1) is 0 Å². The molecule has 10 heteroatoms. The number of hydrogen-bond acceptors (Lipinski definition) is 3. The van der Waals surface area contributed by atoms with Gasteiger partial charge in [0.1, 0.15) is 5.82 Å². The summed E-state index contributed by atoms with van der Waals surface area (Å²) in [6.45, 7) is 1.17. The first-order chi connectivity index (χ1) is 14.7. The Labute approximate surface area is 180 Å². The van der Waals surface area contributed by atoms with Crippen LogP contribution in [0.4, 0.5) is 28.0 Å². The molecule has 0 aliphatic rings. The van der Waals surface area contributed by atoms with E-state index in [1.54, 1.807) is 18.2 Å². The van der Waals surface area contributed by atoms with E-state index in [1.807, 2.05) is 0 Å². The number of anilines is 1. The predicted octanol–water partition coefficient (Wildman–Crippen LogP) is 6.19.